The quantitative estimate of drug-likeness (QED) is 0.425. The molecule has 27 heavy (non-hydrogen) atoms. The molecular formula is C18H32N6O3. The molecular weight excluding hydrogens is 348 g/mol. The molecule has 9 heteroatoms. The molecule has 1 atom stereocenters. The second kappa shape index (κ2) is 9.05. The Bertz CT molecular complexity index is 604. The van der Waals surface area contributed by atoms with E-state index in [1.165, 1.54) is 4.90 Å². The van der Waals surface area contributed by atoms with Gasteiger partial charge in [0.25, 0.3) is 0 Å². The first-order valence-corrected chi connectivity index (χ1v) is 9.50. The molecule has 3 N–H and O–H groups in total. The monoisotopic (exact) mass is 380 g/mol. The zero-order valence-corrected chi connectivity index (χ0v) is 16.8. The van der Waals surface area contributed by atoms with Crippen molar-refractivity contribution >= 4 is 23.7 Å². The second-order valence-electron chi connectivity index (χ2n) is 7.98. The van der Waals surface area contributed by atoms with Crippen molar-refractivity contribution in [3.8, 4) is 0 Å². The summed E-state index contributed by atoms with van der Waals surface area (Å²) in [6, 6.07) is 0.0493. The van der Waals surface area contributed by atoms with E-state index in [9.17, 15) is 14.4 Å². The van der Waals surface area contributed by atoms with Crippen molar-refractivity contribution in [1.29, 1.82) is 0 Å². The molecule has 1 unspecified atom stereocenters. The number of hydrogen-bond donors (Lipinski definition) is 3. The van der Waals surface area contributed by atoms with Crippen molar-refractivity contribution < 1.29 is 14.4 Å². The van der Waals surface area contributed by atoms with Gasteiger partial charge in [-0.2, -0.15) is 0 Å². The predicted octanol–water partition coefficient (Wildman–Crippen LogP) is -0.853. The minimum absolute atomic E-state index is 0.00263. The minimum Gasteiger partial charge on any atom is -0.355 e. The van der Waals surface area contributed by atoms with Gasteiger partial charge in [-0.15, -0.1) is 0 Å². The number of likely N-dealkylation sites (tertiary alicyclic amines) is 1. The standard InChI is InChI=1S/C18H32N6O3/c1-13(2)22-15(26)9-19-17(20-10-16(27)23(3)4)24-7-5-6-18(12-24)8-14(25)21-11-18/h13H,5-12H2,1-4H3,(H,19,20)(H,21,25)(H,22,26). The fourth-order valence-corrected chi connectivity index (χ4v) is 3.52. The van der Waals surface area contributed by atoms with Crippen LogP contribution in [0.25, 0.3) is 0 Å². The third kappa shape index (κ3) is 6.11. The Morgan fingerprint density at radius 1 is 1.37 bits per heavy atom. The Balaban J connectivity index is 2.08. The number of piperidine rings is 1. The van der Waals surface area contributed by atoms with Gasteiger partial charge in [0.2, 0.25) is 17.7 Å². The maximum absolute atomic E-state index is 12.0. The number of aliphatic imine (C=N–C) groups is 1. The Hall–Kier alpha value is -2.32. The highest BCUT2D eigenvalue weighted by Crippen LogP contribution is 2.35. The van der Waals surface area contributed by atoms with E-state index in [4.69, 9.17) is 0 Å². The molecule has 2 saturated heterocycles. The number of amides is 3. The lowest BCUT2D eigenvalue weighted by molar-refractivity contribution is -0.127. The molecule has 0 bridgehead atoms. The third-order valence-electron chi connectivity index (χ3n) is 4.88. The summed E-state index contributed by atoms with van der Waals surface area (Å²) in [4.78, 5) is 43.7. The van der Waals surface area contributed by atoms with Gasteiger partial charge in [0, 0.05) is 51.6 Å². The molecule has 0 aromatic carbocycles. The van der Waals surface area contributed by atoms with E-state index in [0.717, 1.165) is 19.4 Å². The number of hydrogen-bond acceptors (Lipinski definition) is 4. The van der Waals surface area contributed by atoms with Gasteiger partial charge in [0.05, 0.1) is 6.54 Å². The van der Waals surface area contributed by atoms with E-state index in [2.05, 4.69) is 25.8 Å². The zero-order chi connectivity index (χ0) is 20.0. The zero-order valence-electron chi connectivity index (χ0n) is 16.8. The number of nitrogens with zero attached hydrogens (tertiary/aromatic N) is 3. The molecule has 0 radical (unpaired) electrons. The first-order chi connectivity index (χ1) is 12.7. The Labute approximate surface area is 160 Å². The highest BCUT2D eigenvalue weighted by molar-refractivity contribution is 5.88. The minimum atomic E-state index is -0.160. The summed E-state index contributed by atoms with van der Waals surface area (Å²) in [5.74, 6) is 0.399. The third-order valence-corrected chi connectivity index (χ3v) is 4.88. The number of guanidine groups is 1. The maximum atomic E-state index is 12.0. The molecule has 1 spiro atoms. The molecule has 2 fully saturated rings. The summed E-state index contributed by atoms with van der Waals surface area (Å²) in [6.07, 6.45) is 2.44. The first kappa shape index (κ1) is 21.0. The van der Waals surface area contributed by atoms with Gasteiger partial charge in [0.15, 0.2) is 5.96 Å². The normalized spacial score (nSPS) is 22.8. The molecule has 2 heterocycles. The fraction of sp³-hybridized carbons (Fsp3) is 0.778. The highest BCUT2D eigenvalue weighted by Gasteiger charge is 2.42. The van der Waals surface area contributed by atoms with Gasteiger partial charge < -0.3 is 25.8 Å². The number of carbonyl (C=O) groups excluding carboxylic acids is 3. The topological polar surface area (TPSA) is 106 Å². The van der Waals surface area contributed by atoms with Crippen LogP contribution in [0.15, 0.2) is 4.99 Å². The van der Waals surface area contributed by atoms with E-state index < -0.39 is 0 Å². The van der Waals surface area contributed by atoms with Gasteiger partial charge >= 0.3 is 0 Å². The summed E-state index contributed by atoms with van der Waals surface area (Å²) < 4.78 is 0. The van der Waals surface area contributed by atoms with E-state index in [-0.39, 0.29) is 42.3 Å². The number of rotatable bonds is 5. The summed E-state index contributed by atoms with van der Waals surface area (Å²) in [6.45, 7) is 6.03. The number of likely N-dealkylation sites (N-methyl/N-ethyl adjacent to an activating group) is 1. The number of nitrogens with one attached hydrogen (secondary N) is 3. The predicted molar refractivity (Wildman–Crippen MR) is 103 cm³/mol. The summed E-state index contributed by atoms with van der Waals surface area (Å²) in [7, 11) is 3.39. The van der Waals surface area contributed by atoms with Crippen LogP contribution < -0.4 is 16.0 Å². The van der Waals surface area contributed by atoms with Crippen molar-refractivity contribution in [1.82, 2.24) is 25.8 Å². The lowest BCUT2D eigenvalue weighted by atomic mass is 9.79. The van der Waals surface area contributed by atoms with Crippen molar-refractivity contribution in [2.45, 2.75) is 39.2 Å². The van der Waals surface area contributed by atoms with Gasteiger partial charge in [-0.05, 0) is 26.7 Å². The summed E-state index contributed by atoms with van der Waals surface area (Å²) >= 11 is 0. The van der Waals surface area contributed by atoms with Crippen LogP contribution >= 0.6 is 0 Å². The number of carbonyl (C=O) groups is 3. The SMILES string of the molecule is CC(C)NC(=O)CN=C(NCC(=O)N(C)C)N1CCCC2(CNC(=O)C2)C1. The van der Waals surface area contributed by atoms with Crippen LogP contribution in [0.1, 0.15) is 33.1 Å². The van der Waals surface area contributed by atoms with Crippen LogP contribution in [0.5, 0.6) is 0 Å². The van der Waals surface area contributed by atoms with E-state index in [1.807, 2.05) is 13.8 Å². The van der Waals surface area contributed by atoms with Gasteiger partial charge in [-0.25, -0.2) is 4.99 Å². The highest BCUT2D eigenvalue weighted by atomic mass is 16.2. The first-order valence-electron chi connectivity index (χ1n) is 9.50. The maximum Gasteiger partial charge on any atom is 0.242 e. The Kier molecular flexibility index (Phi) is 7.04. The smallest absolute Gasteiger partial charge is 0.242 e. The molecule has 9 nitrogen and oxygen atoms in total. The summed E-state index contributed by atoms with van der Waals surface area (Å²) in [5, 5.41) is 8.84. The average molecular weight is 380 g/mol. The van der Waals surface area contributed by atoms with Crippen molar-refractivity contribution in [2.75, 3.05) is 46.8 Å². The Morgan fingerprint density at radius 3 is 2.70 bits per heavy atom. The van der Waals surface area contributed by atoms with E-state index >= 15 is 0 Å². The van der Waals surface area contributed by atoms with Gasteiger partial charge in [0.1, 0.15) is 6.54 Å². The molecule has 2 rings (SSSR count). The molecule has 0 aliphatic carbocycles. The average Bonchev–Trinajstić information content (AvgIpc) is 2.93. The summed E-state index contributed by atoms with van der Waals surface area (Å²) in [5.41, 5.74) is -0.0937. The molecule has 2 aliphatic heterocycles. The van der Waals surface area contributed by atoms with Crippen LogP contribution in [0, 0.1) is 5.41 Å². The molecule has 0 aromatic rings. The van der Waals surface area contributed by atoms with E-state index in [0.29, 0.717) is 25.5 Å². The molecule has 0 aromatic heterocycles. The van der Waals surface area contributed by atoms with Crippen LogP contribution in [0.4, 0.5) is 0 Å². The molecule has 3 amide bonds. The van der Waals surface area contributed by atoms with Crippen molar-refractivity contribution in [3.63, 3.8) is 0 Å². The van der Waals surface area contributed by atoms with Crippen LogP contribution in [-0.2, 0) is 14.4 Å². The fourth-order valence-electron chi connectivity index (χ4n) is 3.52. The molecule has 152 valence electrons. The van der Waals surface area contributed by atoms with Crippen LogP contribution in [-0.4, -0.2) is 86.3 Å². The molecule has 0 saturated carbocycles. The van der Waals surface area contributed by atoms with Gasteiger partial charge in [-0.3, -0.25) is 14.4 Å². The largest absolute Gasteiger partial charge is 0.355 e. The molecule has 2 aliphatic rings. The lowest BCUT2D eigenvalue weighted by Crippen LogP contribution is -2.53. The Morgan fingerprint density at radius 2 is 2.11 bits per heavy atom. The van der Waals surface area contributed by atoms with Crippen LogP contribution in [0.2, 0.25) is 0 Å². The van der Waals surface area contributed by atoms with Crippen molar-refractivity contribution in [3.05, 3.63) is 0 Å². The second-order valence-corrected chi connectivity index (χ2v) is 7.98. The van der Waals surface area contributed by atoms with Crippen LogP contribution in [0.3, 0.4) is 0 Å². The van der Waals surface area contributed by atoms with Gasteiger partial charge in [-0.1, -0.05) is 0 Å². The van der Waals surface area contributed by atoms with E-state index in [1.54, 1.807) is 14.1 Å². The van der Waals surface area contributed by atoms with Crippen molar-refractivity contribution in [2.24, 2.45) is 10.4 Å². The lowest BCUT2D eigenvalue weighted by Gasteiger charge is -2.40.